The van der Waals surface area contributed by atoms with E-state index in [0.717, 1.165) is 11.0 Å². The van der Waals surface area contributed by atoms with Crippen molar-refractivity contribution in [1.82, 2.24) is 14.8 Å². The van der Waals surface area contributed by atoms with E-state index in [2.05, 4.69) is 10.1 Å². The lowest BCUT2D eigenvalue weighted by Gasteiger charge is -2.07. The molecule has 1 rings (SSSR count). The summed E-state index contributed by atoms with van der Waals surface area (Å²) in [4.78, 5) is 3.43. The average molecular weight is 244 g/mol. The average Bonchev–Trinajstić information content (AvgIpc) is 2.46. The summed E-state index contributed by atoms with van der Waals surface area (Å²) in [5.74, 6) is -1.21. The minimum atomic E-state index is -5.24. The van der Waals surface area contributed by atoms with Gasteiger partial charge < -0.3 is 5.73 Å². The second-order valence-corrected chi connectivity index (χ2v) is 4.73. The van der Waals surface area contributed by atoms with Gasteiger partial charge in [0.05, 0.1) is 12.3 Å². The van der Waals surface area contributed by atoms with E-state index in [1.165, 1.54) is 0 Å². The normalized spacial score (nSPS) is 13.0. The maximum absolute atomic E-state index is 11.9. The monoisotopic (exact) mass is 244 g/mol. The van der Waals surface area contributed by atoms with Crippen LogP contribution < -0.4 is 5.73 Å². The fraction of sp³-hybridized carbons (Fsp3) is 0.600. The summed E-state index contributed by atoms with van der Waals surface area (Å²) >= 11 is 0. The highest BCUT2D eigenvalue weighted by atomic mass is 32.2. The van der Waals surface area contributed by atoms with Gasteiger partial charge in [-0.15, -0.1) is 5.10 Å². The van der Waals surface area contributed by atoms with Crippen LogP contribution >= 0.6 is 0 Å². The van der Waals surface area contributed by atoms with Crippen LogP contribution in [-0.4, -0.2) is 34.4 Å². The number of nitrogens with zero attached hydrogens (tertiary/aromatic N) is 3. The Morgan fingerprint density at radius 3 is 2.47 bits per heavy atom. The first-order valence-electron chi connectivity index (χ1n) is 3.66. The zero-order chi connectivity index (χ0) is 11.7. The van der Waals surface area contributed by atoms with Gasteiger partial charge >= 0.3 is 5.51 Å². The van der Waals surface area contributed by atoms with Crippen LogP contribution in [0.3, 0.4) is 0 Å². The zero-order valence-corrected chi connectivity index (χ0v) is 8.09. The number of hydrogen-bond acceptors (Lipinski definition) is 5. The van der Waals surface area contributed by atoms with Crippen molar-refractivity contribution in [3.05, 3.63) is 6.33 Å². The van der Waals surface area contributed by atoms with E-state index < -0.39 is 27.6 Å². The van der Waals surface area contributed by atoms with Gasteiger partial charge in [-0.1, -0.05) is 0 Å². The van der Waals surface area contributed by atoms with Gasteiger partial charge in [-0.25, -0.2) is 18.1 Å². The molecule has 0 amide bonds. The number of aromatic nitrogens is 3. The molecule has 2 N–H and O–H groups in total. The lowest BCUT2D eigenvalue weighted by atomic mass is 10.8. The molecule has 0 radical (unpaired) electrons. The third-order valence-corrected chi connectivity index (χ3v) is 2.92. The minimum absolute atomic E-state index is 0.126. The Morgan fingerprint density at radius 2 is 2.07 bits per heavy atom. The molecule has 0 saturated carbocycles. The minimum Gasteiger partial charge on any atom is -0.367 e. The molecule has 0 aliphatic heterocycles. The molecule has 0 bridgehead atoms. The highest BCUT2D eigenvalue weighted by Gasteiger charge is 2.44. The summed E-state index contributed by atoms with van der Waals surface area (Å²) in [6.07, 6.45) is 1.06. The van der Waals surface area contributed by atoms with Crippen molar-refractivity contribution in [2.24, 2.45) is 0 Å². The largest absolute Gasteiger partial charge is 0.497 e. The van der Waals surface area contributed by atoms with E-state index in [4.69, 9.17) is 5.73 Å². The Bertz CT molecular complexity index is 437. The van der Waals surface area contributed by atoms with Crippen LogP contribution in [0, 0.1) is 0 Å². The third-order valence-electron chi connectivity index (χ3n) is 1.50. The van der Waals surface area contributed by atoms with Gasteiger partial charge in [-0.2, -0.15) is 13.2 Å². The summed E-state index contributed by atoms with van der Waals surface area (Å²) in [6, 6.07) is 0. The lowest BCUT2D eigenvalue weighted by Crippen LogP contribution is -2.28. The van der Waals surface area contributed by atoms with Gasteiger partial charge in [0.15, 0.2) is 0 Å². The highest BCUT2D eigenvalue weighted by Crippen LogP contribution is 2.23. The van der Waals surface area contributed by atoms with Crippen LogP contribution in [0.4, 0.5) is 19.1 Å². The quantitative estimate of drug-likeness (QED) is 0.794. The molecule has 1 aromatic heterocycles. The van der Waals surface area contributed by atoms with Crippen LogP contribution in [0.15, 0.2) is 6.33 Å². The topological polar surface area (TPSA) is 90.9 Å². The maximum atomic E-state index is 11.9. The van der Waals surface area contributed by atoms with Crippen molar-refractivity contribution in [2.45, 2.75) is 12.1 Å². The second kappa shape index (κ2) is 3.68. The van der Waals surface area contributed by atoms with Crippen molar-refractivity contribution in [3.8, 4) is 0 Å². The standard InChI is InChI=1S/C5H7F3N4O2S/c6-5(7,8)15(13,14)2-1-12-3-10-4(9)11-12/h3H,1-2H2,(H2,9,11). The molecule has 15 heavy (non-hydrogen) atoms. The lowest BCUT2D eigenvalue weighted by molar-refractivity contribution is -0.0436. The molecule has 0 aromatic carbocycles. The fourth-order valence-electron chi connectivity index (χ4n) is 0.746. The number of halogens is 3. The number of rotatable bonds is 3. The Hall–Kier alpha value is -1.32. The molecule has 1 aromatic rings. The summed E-state index contributed by atoms with van der Waals surface area (Å²) in [5, 5.41) is 3.45. The Morgan fingerprint density at radius 1 is 1.47 bits per heavy atom. The van der Waals surface area contributed by atoms with Gasteiger partial charge in [-0.05, 0) is 0 Å². The molecule has 0 aliphatic rings. The van der Waals surface area contributed by atoms with Crippen molar-refractivity contribution < 1.29 is 21.6 Å². The Kier molecular flexibility index (Phi) is 2.88. The number of nitrogen functional groups attached to an aromatic ring is 1. The predicted octanol–water partition coefficient (Wildman–Crippen LogP) is -0.205. The van der Waals surface area contributed by atoms with E-state index in [1.807, 2.05) is 0 Å². The number of anilines is 1. The van der Waals surface area contributed by atoms with Crippen LogP contribution in [0.2, 0.25) is 0 Å². The zero-order valence-electron chi connectivity index (χ0n) is 7.27. The second-order valence-electron chi connectivity index (χ2n) is 2.63. The van der Waals surface area contributed by atoms with Crippen LogP contribution in [-0.2, 0) is 16.4 Å². The van der Waals surface area contributed by atoms with Crippen molar-refractivity contribution >= 4 is 15.8 Å². The van der Waals surface area contributed by atoms with E-state index in [0.29, 0.717) is 0 Å². The molecule has 0 spiro atoms. The molecular formula is C5H7F3N4O2S. The molecule has 0 aliphatic carbocycles. The molecule has 86 valence electrons. The summed E-state index contributed by atoms with van der Waals surface area (Å²) in [5.41, 5.74) is -0.148. The molecule has 0 atom stereocenters. The first-order chi connectivity index (χ1) is 6.72. The van der Waals surface area contributed by atoms with E-state index in [1.54, 1.807) is 0 Å². The first kappa shape index (κ1) is 11.8. The summed E-state index contributed by atoms with van der Waals surface area (Å²) < 4.78 is 57.8. The molecule has 0 unspecified atom stereocenters. The number of aryl methyl sites for hydroxylation is 1. The fourth-order valence-corrected chi connectivity index (χ4v) is 1.41. The number of alkyl halides is 3. The van der Waals surface area contributed by atoms with Gasteiger partial charge in [-0.3, -0.25) is 0 Å². The van der Waals surface area contributed by atoms with Crippen LogP contribution in [0.25, 0.3) is 0 Å². The Labute approximate surface area is 82.8 Å². The molecule has 0 fully saturated rings. The van der Waals surface area contributed by atoms with E-state index in [9.17, 15) is 21.6 Å². The molecule has 6 nitrogen and oxygen atoms in total. The number of hydrogen-bond donors (Lipinski definition) is 1. The molecule has 10 heteroatoms. The van der Waals surface area contributed by atoms with Crippen molar-refractivity contribution in [2.75, 3.05) is 11.5 Å². The molecule has 0 saturated heterocycles. The molecule has 1 heterocycles. The van der Waals surface area contributed by atoms with Crippen LogP contribution in [0.5, 0.6) is 0 Å². The first-order valence-corrected chi connectivity index (χ1v) is 5.31. The van der Waals surface area contributed by atoms with Gasteiger partial charge in [0.2, 0.25) is 15.8 Å². The maximum Gasteiger partial charge on any atom is 0.497 e. The number of nitrogens with two attached hydrogens (primary N) is 1. The van der Waals surface area contributed by atoms with Gasteiger partial charge in [0, 0.05) is 0 Å². The van der Waals surface area contributed by atoms with E-state index >= 15 is 0 Å². The van der Waals surface area contributed by atoms with Crippen molar-refractivity contribution in [1.29, 1.82) is 0 Å². The third kappa shape index (κ3) is 2.81. The number of sulfone groups is 1. The predicted molar refractivity (Wildman–Crippen MR) is 44.3 cm³/mol. The smallest absolute Gasteiger partial charge is 0.367 e. The van der Waals surface area contributed by atoms with Crippen LogP contribution in [0.1, 0.15) is 0 Å². The Balaban J connectivity index is 2.66. The molecular weight excluding hydrogens is 237 g/mol. The highest BCUT2D eigenvalue weighted by molar-refractivity contribution is 7.92. The summed E-state index contributed by atoms with van der Waals surface area (Å²) in [6.45, 7) is -0.438. The van der Waals surface area contributed by atoms with Crippen molar-refractivity contribution in [3.63, 3.8) is 0 Å². The van der Waals surface area contributed by atoms with Gasteiger partial charge in [0.25, 0.3) is 0 Å². The summed E-state index contributed by atoms with van der Waals surface area (Å²) in [7, 11) is -5.12. The SMILES string of the molecule is Nc1ncn(CCS(=O)(=O)C(F)(F)F)n1. The van der Waals surface area contributed by atoms with E-state index in [-0.39, 0.29) is 5.95 Å². The van der Waals surface area contributed by atoms with Gasteiger partial charge in [0.1, 0.15) is 6.33 Å².